The predicted molar refractivity (Wildman–Crippen MR) is 78.5 cm³/mol. The molecule has 0 heterocycles. The van der Waals surface area contributed by atoms with E-state index in [1.807, 2.05) is 19.1 Å². The van der Waals surface area contributed by atoms with Gasteiger partial charge in [0.15, 0.2) is 0 Å². The van der Waals surface area contributed by atoms with Crippen molar-refractivity contribution >= 4 is 23.0 Å². The number of hydrogen-bond acceptors (Lipinski definition) is 2. The Morgan fingerprint density at radius 1 is 1.21 bits per heavy atom. The Balaban J connectivity index is 2.38. The molecule has 0 saturated carbocycles. The molecule has 2 aromatic rings. The summed E-state index contributed by atoms with van der Waals surface area (Å²) >= 11 is 6.20. The monoisotopic (exact) mass is 278 g/mol. The molecule has 100 valence electrons. The molecule has 0 fully saturated rings. The van der Waals surface area contributed by atoms with Crippen molar-refractivity contribution in [1.29, 1.82) is 0 Å². The number of anilines is 2. The third-order valence-electron chi connectivity index (χ3n) is 3.08. The van der Waals surface area contributed by atoms with E-state index in [-0.39, 0.29) is 11.9 Å². The van der Waals surface area contributed by atoms with Gasteiger partial charge in [-0.25, -0.2) is 4.39 Å². The van der Waals surface area contributed by atoms with E-state index >= 15 is 0 Å². The van der Waals surface area contributed by atoms with Gasteiger partial charge in [-0.2, -0.15) is 0 Å². The van der Waals surface area contributed by atoms with E-state index in [4.69, 9.17) is 17.3 Å². The second-order valence-corrected chi connectivity index (χ2v) is 4.91. The second-order valence-electron chi connectivity index (χ2n) is 4.50. The minimum atomic E-state index is -0.266. The van der Waals surface area contributed by atoms with Crippen LogP contribution in [0.3, 0.4) is 0 Å². The molecule has 0 aromatic heterocycles. The van der Waals surface area contributed by atoms with Crippen LogP contribution in [0.25, 0.3) is 0 Å². The summed E-state index contributed by atoms with van der Waals surface area (Å²) in [7, 11) is 1.80. The Bertz CT molecular complexity index is 584. The lowest BCUT2D eigenvalue weighted by molar-refractivity contribution is 0.627. The fourth-order valence-electron chi connectivity index (χ4n) is 1.96. The van der Waals surface area contributed by atoms with E-state index in [0.717, 1.165) is 11.3 Å². The Hall–Kier alpha value is -1.58. The Morgan fingerprint density at radius 2 is 1.89 bits per heavy atom. The zero-order valence-corrected chi connectivity index (χ0v) is 11.7. The van der Waals surface area contributed by atoms with Crippen LogP contribution >= 0.6 is 11.6 Å². The van der Waals surface area contributed by atoms with Crippen LogP contribution in [0.4, 0.5) is 15.8 Å². The van der Waals surface area contributed by atoms with E-state index in [1.165, 1.54) is 6.07 Å². The Labute approximate surface area is 117 Å². The maximum Gasteiger partial charge on any atom is 0.146 e. The summed E-state index contributed by atoms with van der Waals surface area (Å²) in [6.45, 7) is 1.88. The van der Waals surface area contributed by atoms with Crippen LogP contribution in [0, 0.1) is 5.82 Å². The van der Waals surface area contributed by atoms with Gasteiger partial charge in [-0.05, 0) is 36.8 Å². The van der Waals surface area contributed by atoms with E-state index < -0.39 is 0 Å². The molecule has 0 saturated heterocycles. The average Bonchev–Trinajstić information content (AvgIpc) is 2.38. The van der Waals surface area contributed by atoms with Gasteiger partial charge in [0.1, 0.15) is 5.82 Å². The molecule has 0 radical (unpaired) electrons. The lowest BCUT2D eigenvalue weighted by Gasteiger charge is -2.21. The summed E-state index contributed by atoms with van der Waals surface area (Å²) in [6.07, 6.45) is 0. The van der Waals surface area contributed by atoms with Crippen molar-refractivity contribution in [3.63, 3.8) is 0 Å². The van der Waals surface area contributed by atoms with Crippen molar-refractivity contribution in [3.05, 3.63) is 58.9 Å². The first-order valence-electron chi connectivity index (χ1n) is 6.04. The number of hydrogen-bond donors (Lipinski definition) is 1. The second kappa shape index (κ2) is 5.59. The highest BCUT2D eigenvalue weighted by molar-refractivity contribution is 6.31. The van der Waals surface area contributed by atoms with Gasteiger partial charge in [0.2, 0.25) is 0 Å². The quantitative estimate of drug-likeness (QED) is 0.909. The molecule has 0 bridgehead atoms. The highest BCUT2D eigenvalue weighted by Crippen LogP contribution is 2.31. The Kier molecular flexibility index (Phi) is 4.08. The largest absolute Gasteiger partial charge is 0.342 e. The molecule has 4 heteroatoms. The van der Waals surface area contributed by atoms with Crippen LogP contribution in [0.1, 0.15) is 18.5 Å². The van der Waals surface area contributed by atoms with Gasteiger partial charge in [-0.3, -0.25) is 0 Å². The van der Waals surface area contributed by atoms with Crippen LogP contribution in [0.2, 0.25) is 5.02 Å². The molecular formula is C15H16ClFN2. The standard InChI is InChI=1S/C15H16ClFN2/c1-10(18)12-8-7-11(9-13(12)16)19(2)15-6-4-3-5-14(15)17/h3-10H,18H2,1-2H3. The molecule has 2 aromatic carbocycles. The fourth-order valence-corrected chi connectivity index (χ4v) is 2.30. The third-order valence-corrected chi connectivity index (χ3v) is 3.40. The third kappa shape index (κ3) is 2.88. The molecule has 1 atom stereocenters. The van der Waals surface area contributed by atoms with Crippen molar-refractivity contribution < 1.29 is 4.39 Å². The van der Waals surface area contributed by atoms with Crippen molar-refractivity contribution in [1.82, 2.24) is 0 Å². The van der Waals surface area contributed by atoms with Crippen LogP contribution < -0.4 is 10.6 Å². The van der Waals surface area contributed by atoms with E-state index in [1.54, 1.807) is 36.2 Å². The molecule has 2 N–H and O–H groups in total. The van der Waals surface area contributed by atoms with Gasteiger partial charge in [0.05, 0.1) is 5.69 Å². The van der Waals surface area contributed by atoms with Crippen molar-refractivity contribution in [2.75, 3.05) is 11.9 Å². The maximum atomic E-state index is 13.7. The topological polar surface area (TPSA) is 29.3 Å². The van der Waals surface area contributed by atoms with Crippen molar-refractivity contribution in [2.24, 2.45) is 5.73 Å². The maximum absolute atomic E-state index is 13.7. The number of benzene rings is 2. The van der Waals surface area contributed by atoms with E-state index in [2.05, 4.69) is 0 Å². The van der Waals surface area contributed by atoms with Crippen LogP contribution in [-0.2, 0) is 0 Å². The molecule has 0 aliphatic heterocycles. The summed E-state index contributed by atoms with van der Waals surface area (Å²) in [4.78, 5) is 1.76. The molecule has 2 nitrogen and oxygen atoms in total. The normalized spacial score (nSPS) is 12.3. The summed E-state index contributed by atoms with van der Waals surface area (Å²) in [5.74, 6) is -0.266. The zero-order chi connectivity index (χ0) is 14.0. The lowest BCUT2D eigenvalue weighted by Crippen LogP contribution is -2.12. The molecule has 0 amide bonds. The van der Waals surface area contributed by atoms with Crippen molar-refractivity contribution in [3.8, 4) is 0 Å². The molecule has 0 aliphatic carbocycles. The molecule has 0 aliphatic rings. The first-order valence-corrected chi connectivity index (χ1v) is 6.42. The summed E-state index contributed by atoms with van der Waals surface area (Å²) in [6, 6.07) is 12.1. The minimum Gasteiger partial charge on any atom is -0.342 e. The van der Waals surface area contributed by atoms with Crippen LogP contribution in [0.5, 0.6) is 0 Å². The predicted octanol–water partition coefficient (Wildman–Crippen LogP) is 4.27. The Morgan fingerprint density at radius 3 is 2.47 bits per heavy atom. The van der Waals surface area contributed by atoms with Gasteiger partial charge in [0.25, 0.3) is 0 Å². The SMILES string of the molecule is CC(N)c1ccc(N(C)c2ccccc2F)cc1Cl. The fraction of sp³-hybridized carbons (Fsp3) is 0.200. The number of rotatable bonds is 3. The lowest BCUT2D eigenvalue weighted by atomic mass is 10.1. The highest BCUT2D eigenvalue weighted by Gasteiger charge is 2.11. The van der Waals surface area contributed by atoms with Crippen LogP contribution in [0.15, 0.2) is 42.5 Å². The van der Waals surface area contributed by atoms with Gasteiger partial charge < -0.3 is 10.6 Å². The van der Waals surface area contributed by atoms with Gasteiger partial charge >= 0.3 is 0 Å². The highest BCUT2D eigenvalue weighted by atomic mass is 35.5. The number of para-hydroxylation sites is 1. The summed E-state index contributed by atoms with van der Waals surface area (Å²) < 4.78 is 13.7. The molecule has 19 heavy (non-hydrogen) atoms. The van der Waals surface area contributed by atoms with Gasteiger partial charge in [-0.15, -0.1) is 0 Å². The smallest absolute Gasteiger partial charge is 0.146 e. The van der Waals surface area contributed by atoms with Crippen LogP contribution in [-0.4, -0.2) is 7.05 Å². The number of nitrogens with two attached hydrogens (primary N) is 1. The average molecular weight is 279 g/mol. The van der Waals surface area contributed by atoms with E-state index in [0.29, 0.717) is 10.7 Å². The molecule has 0 spiro atoms. The number of halogens is 2. The van der Waals surface area contributed by atoms with Gasteiger partial charge in [-0.1, -0.05) is 29.8 Å². The molecule has 1 unspecified atom stereocenters. The zero-order valence-electron chi connectivity index (χ0n) is 10.9. The summed E-state index contributed by atoms with van der Waals surface area (Å²) in [5.41, 5.74) is 8.03. The first kappa shape index (κ1) is 13.8. The minimum absolute atomic E-state index is 0.125. The van der Waals surface area contributed by atoms with E-state index in [9.17, 15) is 4.39 Å². The molecule has 2 rings (SSSR count). The van der Waals surface area contributed by atoms with Crippen molar-refractivity contribution in [2.45, 2.75) is 13.0 Å². The summed E-state index contributed by atoms with van der Waals surface area (Å²) in [5, 5.41) is 0.593. The first-order chi connectivity index (χ1) is 9.00. The van der Waals surface area contributed by atoms with Gasteiger partial charge in [0, 0.05) is 23.8 Å². The molecular weight excluding hydrogens is 263 g/mol. The number of nitrogens with zero attached hydrogens (tertiary/aromatic N) is 1.